The van der Waals surface area contributed by atoms with E-state index in [9.17, 15) is 79.8 Å². The van der Waals surface area contributed by atoms with Crippen molar-refractivity contribution in [3.63, 3.8) is 0 Å². The van der Waals surface area contributed by atoms with Gasteiger partial charge in [-0.1, -0.05) is 0 Å². The summed E-state index contributed by atoms with van der Waals surface area (Å²) in [5, 5.41) is 0. The molecule has 36 heavy (non-hydrogen) atoms. The maximum atomic E-state index is 13.5. The van der Waals surface area contributed by atoms with Gasteiger partial charge in [-0.3, -0.25) is 0 Å². The molecule has 0 unspecified atom stereocenters. The minimum Gasteiger partial charge on any atom is -0.246 e. The Labute approximate surface area is 184 Å². The van der Waals surface area contributed by atoms with Crippen molar-refractivity contribution in [3.05, 3.63) is 0 Å². The summed E-state index contributed by atoms with van der Waals surface area (Å²) in [4.78, 5) is 23.6. The van der Waals surface area contributed by atoms with Crippen LogP contribution < -0.4 is 0 Å². The summed E-state index contributed by atoms with van der Waals surface area (Å²) in [7, 11) is 0. The van der Waals surface area contributed by atoms with Gasteiger partial charge in [-0.15, -0.1) is 0 Å². The van der Waals surface area contributed by atoms with Gasteiger partial charge in [0, 0.05) is 0 Å². The largest absolute Gasteiger partial charge is 0.439 e. The average Bonchev–Trinajstić information content (AvgIpc) is 2.64. The Morgan fingerprint density at radius 3 is 0.861 bits per heavy atom. The van der Waals surface area contributed by atoms with Crippen molar-refractivity contribution in [2.75, 3.05) is 13.1 Å². The second-order valence-corrected chi connectivity index (χ2v) is 6.52. The van der Waals surface area contributed by atoms with Crippen LogP contribution in [0, 0.1) is 0 Å². The Morgan fingerprint density at radius 1 is 0.472 bits per heavy atom. The van der Waals surface area contributed by atoms with Gasteiger partial charge in [-0.25, -0.2) is 28.8 Å². The average molecular weight is 576 g/mol. The summed E-state index contributed by atoms with van der Waals surface area (Å²) >= 11 is 0. The molecule has 2 heterocycles. The number of rotatable bonds is 4. The van der Waals surface area contributed by atoms with Crippen molar-refractivity contribution in [1.29, 1.82) is 0 Å². The Kier molecular flexibility index (Phi) is 6.71. The van der Waals surface area contributed by atoms with Crippen molar-refractivity contribution in [3.8, 4) is 0 Å². The van der Waals surface area contributed by atoms with E-state index in [-0.39, 0.29) is 0 Å². The molecule has 0 atom stereocenters. The Morgan fingerprint density at radius 2 is 0.667 bits per heavy atom. The Balaban J connectivity index is 2.16. The third kappa shape index (κ3) is 4.36. The highest BCUT2D eigenvalue weighted by Gasteiger charge is 2.84. The van der Waals surface area contributed by atoms with Crippen molar-refractivity contribution < 1.29 is 99.1 Å². The molecule has 2 rings (SSSR count). The van der Waals surface area contributed by atoms with Crippen LogP contribution in [-0.2, 0) is 28.8 Å². The van der Waals surface area contributed by atoms with Crippen LogP contribution in [0.15, 0.2) is 0 Å². The van der Waals surface area contributed by atoms with E-state index in [1.165, 1.54) is 0 Å². The lowest BCUT2D eigenvalue weighted by atomic mass is 10.2. The van der Waals surface area contributed by atoms with Crippen LogP contribution in [0.1, 0.15) is 0 Å². The molecule has 0 bridgehead atoms. The zero-order valence-corrected chi connectivity index (χ0v) is 15.8. The molecule has 210 valence electrons. The number of nitrogens with zero attached hydrogens (tertiary/aromatic N) is 2. The quantitative estimate of drug-likeness (QED) is 0.218. The van der Waals surface area contributed by atoms with Gasteiger partial charge < -0.3 is 0 Å². The molecular formula is C12H4F16N2O6. The highest BCUT2D eigenvalue weighted by Crippen LogP contribution is 2.56. The Bertz CT molecular complexity index is 786. The SMILES string of the molecule is O=C(CN1C(F)(F)C(F)(F)OC(F)(F)C1(F)F)OOC(=O)CN1C(F)(F)C(F)(F)OC(F)(F)C1(F)F. The van der Waals surface area contributed by atoms with Crippen molar-refractivity contribution in [2.45, 2.75) is 48.6 Å². The summed E-state index contributed by atoms with van der Waals surface area (Å²) in [5.74, 6) is -5.85. The molecule has 2 aliphatic heterocycles. The summed E-state index contributed by atoms with van der Waals surface area (Å²) in [6, 6.07) is -25.7. The van der Waals surface area contributed by atoms with Gasteiger partial charge in [0.15, 0.2) is 0 Å². The zero-order chi connectivity index (χ0) is 28.6. The molecule has 0 amide bonds. The fourth-order valence-electron chi connectivity index (χ4n) is 2.35. The molecule has 2 aliphatic rings. The van der Waals surface area contributed by atoms with E-state index in [0.29, 0.717) is 0 Å². The second kappa shape index (κ2) is 8.08. The number of alkyl halides is 16. The molecule has 0 aromatic carbocycles. The molecule has 2 saturated heterocycles. The maximum absolute atomic E-state index is 13.5. The van der Waals surface area contributed by atoms with Gasteiger partial charge in [-0.2, -0.15) is 80.0 Å². The first-order chi connectivity index (χ1) is 15.7. The number of hydrogen-bond acceptors (Lipinski definition) is 8. The van der Waals surface area contributed by atoms with Crippen molar-refractivity contribution in [1.82, 2.24) is 9.80 Å². The number of ether oxygens (including phenoxy) is 2. The summed E-state index contributed by atoms with van der Waals surface area (Å²) in [5.41, 5.74) is 0. The molecule has 0 spiro atoms. The highest BCUT2D eigenvalue weighted by atomic mass is 19.4. The highest BCUT2D eigenvalue weighted by molar-refractivity contribution is 5.75. The van der Waals surface area contributed by atoms with E-state index in [2.05, 4.69) is 9.78 Å². The number of morpholine rings is 2. The van der Waals surface area contributed by atoms with Crippen molar-refractivity contribution >= 4 is 11.9 Å². The van der Waals surface area contributed by atoms with E-state index < -0.39 is 83.4 Å². The lowest BCUT2D eigenvalue weighted by Crippen LogP contribution is -2.74. The second-order valence-electron chi connectivity index (χ2n) is 6.52. The van der Waals surface area contributed by atoms with E-state index in [4.69, 9.17) is 0 Å². The molecule has 0 radical (unpaired) electrons. The van der Waals surface area contributed by atoms with Crippen LogP contribution >= 0.6 is 0 Å². The first-order valence-corrected chi connectivity index (χ1v) is 8.06. The third-order valence-electron chi connectivity index (χ3n) is 4.07. The number of halogens is 16. The standard InChI is InChI=1S/C12H4F16N2O6/c13-5(14)9(21,22)35-10(23,24)6(15,16)29(5)1-3(31)33-34-4(32)2-30-7(17,18)11(25,26)36-12(27,28)8(30,19)20/h1-2H2. The smallest absolute Gasteiger partial charge is 0.246 e. The lowest BCUT2D eigenvalue weighted by Gasteiger charge is -2.46. The number of carbonyl (C=O) groups is 2. The predicted molar refractivity (Wildman–Crippen MR) is 67.3 cm³/mol. The minimum absolute atomic E-state index is 2.03. The van der Waals surface area contributed by atoms with Crippen LogP contribution in [0.4, 0.5) is 70.2 Å². The molecule has 8 nitrogen and oxygen atoms in total. The molecular weight excluding hydrogens is 572 g/mol. The van der Waals surface area contributed by atoms with Crippen LogP contribution in [0.2, 0.25) is 0 Å². The van der Waals surface area contributed by atoms with E-state index in [1.54, 1.807) is 0 Å². The number of carbonyl (C=O) groups excluding carboxylic acids is 2. The van der Waals surface area contributed by atoms with Crippen LogP contribution in [0.3, 0.4) is 0 Å². The van der Waals surface area contributed by atoms with E-state index in [1.807, 2.05) is 9.47 Å². The van der Waals surface area contributed by atoms with Gasteiger partial charge in [0.1, 0.15) is 13.1 Å². The molecule has 2 fully saturated rings. The topological polar surface area (TPSA) is 77.5 Å². The van der Waals surface area contributed by atoms with Gasteiger partial charge >= 0.3 is 60.6 Å². The molecule has 0 aliphatic carbocycles. The number of hydrogen-bond donors (Lipinski definition) is 0. The minimum atomic E-state index is -6.42. The van der Waals surface area contributed by atoms with Gasteiger partial charge in [0.05, 0.1) is 0 Å². The third-order valence-corrected chi connectivity index (χ3v) is 4.07. The molecule has 0 aromatic rings. The Hall–Kier alpha value is -2.34. The van der Waals surface area contributed by atoms with Crippen molar-refractivity contribution in [2.24, 2.45) is 0 Å². The summed E-state index contributed by atoms with van der Waals surface area (Å²) in [6.45, 7) is -6.08. The first-order valence-electron chi connectivity index (χ1n) is 8.06. The molecule has 0 N–H and O–H groups in total. The van der Waals surface area contributed by atoms with Crippen LogP contribution in [0.25, 0.3) is 0 Å². The van der Waals surface area contributed by atoms with Crippen LogP contribution in [-0.4, -0.2) is 83.4 Å². The predicted octanol–water partition coefficient (Wildman–Crippen LogP) is 3.39. The lowest BCUT2D eigenvalue weighted by molar-refractivity contribution is -0.562. The van der Waals surface area contributed by atoms with E-state index >= 15 is 0 Å². The summed E-state index contributed by atoms with van der Waals surface area (Å²) < 4.78 is 216. The van der Waals surface area contributed by atoms with E-state index in [0.717, 1.165) is 0 Å². The fourth-order valence-corrected chi connectivity index (χ4v) is 2.35. The summed E-state index contributed by atoms with van der Waals surface area (Å²) in [6.07, 6.45) is -25.6. The fraction of sp³-hybridized carbons (Fsp3) is 0.833. The van der Waals surface area contributed by atoms with Gasteiger partial charge in [-0.05, 0) is 0 Å². The van der Waals surface area contributed by atoms with Gasteiger partial charge in [0.25, 0.3) is 0 Å². The van der Waals surface area contributed by atoms with Crippen LogP contribution in [0.5, 0.6) is 0 Å². The molecule has 0 saturated carbocycles. The van der Waals surface area contributed by atoms with Gasteiger partial charge in [0.2, 0.25) is 0 Å². The molecule has 24 heteroatoms. The molecule has 0 aromatic heterocycles. The zero-order valence-electron chi connectivity index (χ0n) is 15.8. The monoisotopic (exact) mass is 576 g/mol. The maximum Gasteiger partial charge on any atom is 0.439 e. The first kappa shape index (κ1) is 29.9. The normalized spacial score (nSPS) is 29.2.